The lowest BCUT2D eigenvalue weighted by atomic mass is 10.0. The zero-order valence-corrected chi connectivity index (χ0v) is 14.1. The summed E-state index contributed by atoms with van der Waals surface area (Å²) in [6, 6.07) is 6.19. The molecule has 20 heavy (non-hydrogen) atoms. The second-order valence-electron chi connectivity index (χ2n) is 4.90. The van der Waals surface area contributed by atoms with Crippen molar-refractivity contribution in [2.45, 2.75) is 25.8 Å². The normalized spacial score (nSPS) is 12.6. The Bertz CT molecular complexity index is 568. The zero-order valence-electron chi connectivity index (χ0n) is 11.7. The number of aromatic nitrogens is 2. The van der Waals surface area contributed by atoms with Crippen LogP contribution in [0.1, 0.15) is 30.5 Å². The van der Waals surface area contributed by atoms with E-state index in [0.717, 1.165) is 34.4 Å². The molecular formula is C15H19BrClN3. The highest BCUT2D eigenvalue weighted by Crippen LogP contribution is 2.28. The average molecular weight is 357 g/mol. The van der Waals surface area contributed by atoms with E-state index in [1.54, 1.807) is 0 Å². The van der Waals surface area contributed by atoms with Crippen molar-refractivity contribution in [3.05, 3.63) is 51.2 Å². The van der Waals surface area contributed by atoms with Crippen LogP contribution in [0.25, 0.3) is 0 Å². The SMILES string of the molecule is CCCNC(Cc1cnn(C)c1)c1cc(Br)ccc1Cl. The molecule has 0 saturated heterocycles. The first-order valence-electron chi connectivity index (χ1n) is 6.76. The van der Waals surface area contributed by atoms with Gasteiger partial charge in [-0.2, -0.15) is 5.10 Å². The van der Waals surface area contributed by atoms with E-state index in [4.69, 9.17) is 11.6 Å². The first-order valence-corrected chi connectivity index (χ1v) is 7.93. The van der Waals surface area contributed by atoms with Crippen molar-refractivity contribution in [3.8, 4) is 0 Å². The van der Waals surface area contributed by atoms with Crippen LogP contribution in [0, 0.1) is 0 Å². The van der Waals surface area contributed by atoms with Crippen LogP contribution in [0.4, 0.5) is 0 Å². The fraction of sp³-hybridized carbons (Fsp3) is 0.400. The van der Waals surface area contributed by atoms with Crippen LogP contribution >= 0.6 is 27.5 Å². The Morgan fingerprint density at radius 3 is 2.90 bits per heavy atom. The third-order valence-electron chi connectivity index (χ3n) is 3.17. The predicted molar refractivity (Wildman–Crippen MR) is 87.1 cm³/mol. The summed E-state index contributed by atoms with van der Waals surface area (Å²) in [6.45, 7) is 3.13. The Morgan fingerprint density at radius 1 is 1.45 bits per heavy atom. The molecular weight excluding hydrogens is 338 g/mol. The van der Waals surface area contributed by atoms with Gasteiger partial charge in [-0.3, -0.25) is 4.68 Å². The van der Waals surface area contributed by atoms with Gasteiger partial charge in [-0.05, 0) is 48.7 Å². The molecule has 1 heterocycles. The topological polar surface area (TPSA) is 29.9 Å². The fourth-order valence-electron chi connectivity index (χ4n) is 2.21. The lowest BCUT2D eigenvalue weighted by molar-refractivity contribution is 0.529. The molecule has 5 heteroatoms. The smallest absolute Gasteiger partial charge is 0.0522 e. The standard InChI is InChI=1S/C15H19BrClN3/c1-3-6-18-15(7-11-9-19-20(2)10-11)13-8-12(16)4-5-14(13)17/h4-5,8-10,15,18H,3,6-7H2,1-2H3. The largest absolute Gasteiger partial charge is 0.310 e. The monoisotopic (exact) mass is 355 g/mol. The first kappa shape index (κ1) is 15.5. The molecule has 0 spiro atoms. The van der Waals surface area contributed by atoms with Crippen LogP contribution in [0.3, 0.4) is 0 Å². The second kappa shape index (κ2) is 7.25. The molecule has 1 aromatic heterocycles. The van der Waals surface area contributed by atoms with Crippen LogP contribution < -0.4 is 5.32 Å². The Balaban J connectivity index is 2.24. The van der Waals surface area contributed by atoms with Crippen molar-refractivity contribution in [2.24, 2.45) is 7.05 Å². The molecule has 2 aromatic rings. The Hall–Kier alpha value is -0.840. The van der Waals surface area contributed by atoms with Crippen molar-refractivity contribution >= 4 is 27.5 Å². The summed E-state index contributed by atoms with van der Waals surface area (Å²) in [6.07, 6.45) is 5.93. The summed E-state index contributed by atoms with van der Waals surface area (Å²) in [5, 5.41) is 8.60. The van der Waals surface area contributed by atoms with E-state index >= 15 is 0 Å². The van der Waals surface area contributed by atoms with Gasteiger partial charge in [-0.1, -0.05) is 34.5 Å². The Morgan fingerprint density at radius 2 is 2.25 bits per heavy atom. The summed E-state index contributed by atoms with van der Waals surface area (Å²) in [5.74, 6) is 0. The number of benzene rings is 1. The molecule has 0 aliphatic rings. The van der Waals surface area contributed by atoms with Gasteiger partial charge in [-0.15, -0.1) is 0 Å². The maximum Gasteiger partial charge on any atom is 0.0522 e. The van der Waals surface area contributed by atoms with Crippen LogP contribution in [-0.4, -0.2) is 16.3 Å². The van der Waals surface area contributed by atoms with E-state index in [9.17, 15) is 0 Å². The minimum absolute atomic E-state index is 0.198. The van der Waals surface area contributed by atoms with E-state index in [-0.39, 0.29) is 6.04 Å². The second-order valence-corrected chi connectivity index (χ2v) is 6.22. The maximum atomic E-state index is 6.36. The van der Waals surface area contributed by atoms with E-state index < -0.39 is 0 Å². The van der Waals surface area contributed by atoms with Crippen LogP contribution in [0.15, 0.2) is 35.1 Å². The molecule has 1 N–H and O–H groups in total. The summed E-state index contributed by atoms with van der Waals surface area (Å²) in [7, 11) is 1.93. The van der Waals surface area contributed by atoms with Gasteiger partial charge < -0.3 is 5.32 Å². The number of halogens is 2. The number of hydrogen-bond acceptors (Lipinski definition) is 2. The summed E-state index contributed by atoms with van der Waals surface area (Å²) < 4.78 is 2.88. The van der Waals surface area contributed by atoms with E-state index in [1.807, 2.05) is 36.3 Å². The lowest BCUT2D eigenvalue weighted by Crippen LogP contribution is -2.24. The number of aryl methyl sites for hydroxylation is 1. The molecule has 1 aromatic carbocycles. The highest BCUT2D eigenvalue weighted by molar-refractivity contribution is 9.10. The summed E-state index contributed by atoms with van der Waals surface area (Å²) in [4.78, 5) is 0. The van der Waals surface area contributed by atoms with Gasteiger partial charge in [0.25, 0.3) is 0 Å². The highest BCUT2D eigenvalue weighted by Gasteiger charge is 2.16. The first-order chi connectivity index (χ1) is 9.60. The minimum Gasteiger partial charge on any atom is -0.310 e. The molecule has 0 radical (unpaired) electrons. The van der Waals surface area contributed by atoms with Crippen molar-refractivity contribution in [1.29, 1.82) is 0 Å². The number of hydrogen-bond donors (Lipinski definition) is 1. The van der Waals surface area contributed by atoms with Crippen molar-refractivity contribution in [2.75, 3.05) is 6.54 Å². The third-order valence-corrected chi connectivity index (χ3v) is 4.01. The molecule has 1 atom stereocenters. The molecule has 3 nitrogen and oxygen atoms in total. The van der Waals surface area contributed by atoms with Crippen molar-refractivity contribution < 1.29 is 0 Å². The predicted octanol–water partition coefficient (Wildman–Crippen LogP) is 4.12. The van der Waals surface area contributed by atoms with Crippen LogP contribution in [-0.2, 0) is 13.5 Å². The van der Waals surface area contributed by atoms with Gasteiger partial charge in [0.1, 0.15) is 0 Å². The van der Waals surface area contributed by atoms with Crippen molar-refractivity contribution in [1.82, 2.24) is 15.1 Å². The number of nitrogens with zero attached hydrogens (tertiary/aromatic N) is 2. The highest BCUT2D eigenvalue weighted by atomic mass is 79.9. The molecule has 108 valence electrons. The Labute approximate surface area is 133 Å². The lowest BCUT2D eigenvalue weighted by Gasteiger charge is -2.20. The van der Waals surface area contributed by atoms with Gasteiger partial charge >= 0.3 is 0 Å². The molecule has 0 amide bonds. The molecule has 0 aliphatic heterocycles. The van der Waals surface area contributed by atoms with Gasteiger partial charge in [-0.25, -0.2) is 0 Å². The Kier molecular flexibility index (Phi) is 5.64. The molecule has 2 rings (SSSR count). The number of nitrogens with one attached hydrogen (secondary N) is 1. The summed E-state index contributed by atoms with van der Waals surface area (Å²) >= 11 is 9.88. The van der Waals surface area contributed by atoms with E-state index in [2.05, 4.69) is 39.3 Å². The van der Waals surface area contributed by atoms with E-state index in [0.29, 0.717) is 0 Å². The third kappa shape index (κ3) is 4.08. The van der Waals surface area contributed by atoms with E-state index in [1.165, 1.54) is 5.56 Å². The number of rotatable bonds is 6. The van der Waals surface area contributed by atoms with Gasteiger partial charge in [0, 0.05) is 28.8 Å². The van der Waals surface area contributed by atoms with Gasteiger partial charge in [0.2, 0.25) is 0 Å². The van der Waals surface area contributed by atoms with Crippen molar-refractivity contribution in [3.63, 3.8) is 0 Å². The quantitative estimate of drug-likeness (QED) is 0.844. The van der Waals surface area contributed by atoms with Crippen LogP contribution in [0.2, 0.25) is 5.02 Å². The van der Waals surface area contributed by atoms with Gasteiger partial charge in [0.05, 0.1) is 6.20 Å². The molecule has 0 bridgehead atoms. The zero-order chi connectivity index (χ0) is 14.5. The molecule has 0 fully saturated rings. The molecule has 0 aliphatic carbocycles. The average Bonchev–Trinajstić information content (AvgIpc) is 2.83. The molecule has 1 unspecified atom stereocenters. The fourth-order valence-corrected chi connectivity index (χ4v) is 2.83. The maximum absolute atomic E-state index is 6.36. The summed E-state index contributed by atoms with van der Waals surface area (Å²) in [5.41, 5.74) is 2.33. The molecule has 0 saturated carbocycles. The van der Waals surface area contributed by atoms with Crippen LogP contribution in [0.5, 0.6) is 0 Å². The minimum atomic E-state index is 0.198. The van der Waals surface area contributed by atoms with Gasteiger partial charge in [0.15, 0.2) is 0 Å².